The molecule has 1 heterocycles. The van der Waals surface area contributed by atoms with Gasteiger partial charge in [-0.05, 0) is 25.2 Å². The maximum atomic E-state index is 11.9. The maximum absolute atomic E-state index is 11.9. The quantitative estimate of drug-likeness (QED) is 0.759. The van der Waals surface area contributed by atoms with E-state index in [0.717, 1.165) is 25.7 Å². The molecule has 0 bridgehead atoms. The number of aromatic nitrogens is 2. The fraction of sp³-hybridized carbons (Fsp3) is 0.615. The average molecular weight is 265 g/mol. The molecule has 1 aromatic rings. The summed E-state index contributed by atoms with van der Waals surface area (Å²) in [6.45, 7) is 2.16. The topological polar surface area (TPSA) is 109 Å². The van der Waals surface area contributed by atoms with Gasteiger partial charge in [-0.25, -0.2) is 4.98 Å². The number of H-pyrrole nitrogens is 1. The van der Waals surface area contributed by atoms with Gasteiger partial charge in [-0.1, -0.05) is 13.3 Å². The van der Waals surface area contributed by atoms with Crippen LogP contribution in [-0.2, 0) is 11.2 Å². The summed E-state index contributed by atoms with van der Waals surface area (Å²) >= 11 is 0. The van der Waals surface area contributed by atoms with Gasteiger partial charge in [-0.15, -0.1) is 0 Å². The van der Waals surface area contributed by atoms with Crippen molar-refractivity contribution in [2.45, 2.75) is 44.9 Å². The molecule has 4 N–H and O–H groups in total. The Morgan fingerprint density at radius 3 is 2.79 bits per heavy atom. The molecule has 0 aliphatic heterocycles. The monoisotopic (exact) mass is 265 g/mol. The van der Waals surface area contributed by atoms with Gasteiger partial charge < -0.3 is 15.8 Å². The summed E-state index contributed by atoms with van der Waals surface area (Å²) in [6.07, 6.45) is 3.89. The molecule has 0 aromatic carbocycles. The number of aliphatic carboxylic acids is 1. The van der Waals surface area contributed by atoms with E-state index in [4.69, 9.17) is 10.8 Å². The van der Waals surface area contributed by atoms with Crippen molar-refractivity contribution in [3.05, 3.63) is 21.7 Å². The van der Waals surface area contributed by atoms with E-state index in [9.17, 15) is 9.59 Å². The van der Waals surface area contributed by atoms with Gasteiger partial charge in [0.2, 0.25) is 0 Å². The van der Waals surface area contributed by atoms with Crippen LogP contribution < -0.4 is 11.3 Å². The van der Waals surface area contributed by atoms with Crippen LogP contribution in [0.25, 0.3) is 0 Å². The van der Waals surface area contributed by atoms with E-state index in [1.807, 2.05) is 0 Å². The summed E-state index contributed by atoms with van der Waals surface area (Å²) < 4.78 is 0. The summed E-state index contributed by atoms with van der Waals surface area (Å²) in [5.74, 6) is 0.474. The molecule has 0 spiro atoms. The molecule has 1 saturated carbocycles. The van der Waals surface area contributed by atoms with Crippen LogP contribution in [0.1, 0.15) is 49.9 Å². The summed E-state index contributed by atoms with van der Waals surface area (Å²) in [5, 5.41) is 8.73. The molecule has 1 aliphatic rings. The van der Waals surface area contributed by atoms with Gasteiger partial charge in [0.25, 0.3) is 5.56 Å². The molecule has 1 fully saturated rings. The Hall–Kier alpha value is -1.85. The first-order valence-corrected chi connectivity index (χ1v) is 6.61. The zero-order valence-corrected chi connectivity index (χ0v) is 11.0. The number of nitrogens with one attached hydrogen (secondary N) is 1. The normalized spacial score (nSPS) is 22.6. The number of nitrogens with zero attached hydrogens (tertiary/aromatic N) is 1. The van der Waals surface area contributed by atoms with Gasteiger partial charge in [0.15, 0.2) is 0 Å². The largest absolute Gasteiger partial charge is 0.481 e. The molecule has 0 saturated heterocycles. The van der Waals surface area contributed by atoms with Crippen LogP contribution in [0.3, 0.4) is 0 Å². The van der Waals surface area contributed by atoms with Gasteiger partial charge >= 0.3 is 5.97 Å². The lowest BCUT2D eigenvalue weighted by Gasteiger charge is -2.11. The molecule has 104 valence electrons. The number of rotatable bonds is 4. The highest BCUT2D eigenvalue weighted by Crippen LogP contribution is 2.38. The molecule has 2 unspecified atom stereocenters. The van der Waals surface area contributed by atoms with E-state index in [1.54, 1.807) is 0 Å². The van der Waals surface area contributed by atoms with Crippen LogP contribution in [0.4, 0.5) is 5.82 Å². The van der Waals surface area contributed by atoms with Gasteiger partial charge in [-0.3, -0.25) is 9.59 Å². The molecule has 2 atom stereocenters. The first-order valence-electron chi connectivity index (χ1n) is 6.61. The van der Waals surface area contributed by atoms with Crippen LogP contribution in [0.2, 0.25) is 0 Å². The molecular weight excluding hydrogens is 246 g/mol. The van der Waals surface area contributed by atoms with E-state index < -0.39 is 17.9 Å². The molecule has 19 heavy (non-hydrogen) atoms. The van der Waals surface area contributed by atoms with Crippen LogP contribution in [0.15, 0.2) is 4.79 Å². The van der Waals surface area contributed by atoms with Crippen molar-refractivity contribution in [1.82, 2.24) is 9.97 Å². The van der Waals surface area contributed by atoms with Gasteiger partial charge in [0, 0.05) is 5.92 Å². The Kier molecular flexibility index (Phi) is 3.87. The van der Waals surface area contributed by atoms with Crippen molar-refractivity contribution in [3.63, 3.8) is 0 Å². The summed E-state index contributed by atoms with van der Waals surface area (Å²) in [6, 6.07) is 0. The highest BCUT2D eigenvalue weighted by Gasteiger charge is 2.27. The minimum atomic E-state index is -1.08. The van der Waals surface area contributed by atoms with Crippen molar-refractivity contribution in [1.29, 1.82) is 0 Å². The fourth-order valence-corrected chi connectivity index (χ4v) is 2.74. The molecule has 1 aliphatic carbocycles. The summed E-state index contributed by atoms with van der Waals surface area (Å²) in [7, 11) is 0. The van der Waals surface area contributed by atoms with E-state index in [-0.39, 0.29) is 17.3 Å². The highest BCUT2D eigenvalue weighted by molar-refractivity contribution is 5.71. The maximum Gasteiger partial charge on any atom is 0.308 e. The lowest BCUT2D eigenvalue weighted by atomic mass is 10.0. The second-order valence-corrected chi connectivity index (χ2v) is 5.17. The number of carboxylic acids is 1. The molecule has 1 aromatic heterocycles. The summed E-state index contributed by atoms with van der Waals surface area (Å²) in [4.78, 5) is 29.4. The van der Waals surface area contributed by atoms with Crippen LogP contribution in [0, 0.1) is 5.92 Å². The number of aromatic amines is 1. The van der Waals surface area contributed by atoms with Crippen LogP contribution in [0.5, 0.6) is 0 Å². The Balaban J connectivity index is 2.25. The summed E-state index contributed by atoms with van der Waals surface area (Å²) in [5.41, 5.74) is 5.33. The van der Waals surface area contributed by atoms with Crippen LogP contribution in [-0.4, -0.2) is 21.0 Å². The minimum absolute atomic E-state index is 0.0427. The predicted molar refractivity (Wildman–Crippen MR) is 71.0 cm³/mol. The SMILES string of the molecule is CCC1CCC(c2nc(N)c(CC(=O)O)c(=O)[nH]2)C1. The van der Waals surface area contributed by atoms with E-state index >= 15 is 0 Å². The number of carboxylic acid groups (broad SMARTS) is 1. The second kappa shape index (κ2) is 5.42. The third-order valence-corrected chi connectivity index (χ3v) is 3.90. The Morgan fingerprint density at radius 1 is 1.53 bits per heavy atom. The lowest BCUT2D eigenvalue weighted by Crippen LogP contribution is -2.23. The van der Waals surface area contributed by atoms with Gasteiger partial charge in [0.05, 0.1) is 12.0 Å². The Labute approximate surface area is 111 Å². The predicted octanol–water partition coefficient (Wildman–Crippen LogP) is 1.27. The Morgan fingerprint density at radius 2 is 2.26 bits per heavy atom. The lowest BCUT2D eigenvalue weighted by molar-refractivity contribution is -0.136. The third-order valence-electron chi connectivity index (χ3n) is 3.90. The number of hydrogen-bond donors (Lipinski definition) is 3. The number of nitrogens with two attached hydrogens (primary N) is 1. The van der Waals surface area contributed by atoms with E-state index in [2.05, 4.69) is 16.9 Å². The number of carbonyl (C=O) groups is 1. The van der Waals surface area contributed by atoms with Crippen molar-refractivity contribution in [2.24, 2.45) is 5.92 Å². The third kappa shape index (κ3) is 2.94. The molecule has 6 heteroatoms. The minimum Gasteiger partial charge on any atom is -0.481 e. The number of nitrogen functional groups attached to an aromatic ring is 1. The average Bonchev–Trinajstić information content (AvgIpc) is 2.82. The van der Waals surface area contributed by atoms with Gasteiger partial charge in [0.1, 0.15) is 11.6 Å². The number of hydrogen-bond acceptors (Lipinski definition) is 4. The van der Waals surface area contributed by atoms with Crippen molar-refractivity contribution < 1.29 is 9.90 Å². The van der Waals surface area contributed by atoms with E-state index in [0.29, 0.717) is 11.7 Å². The first kappa shape index (κ1) is 13.6. The zero-order valence-electron chi connectivity index (χ0n) is 11.0. The molecule has 0 amide bonds. The highest BCUT2D eigenvalue weighted by atomic mass is 16.4. The van der Waals surface area contributed by atoms with Crippen molar-refractivity contribution in [2.75, 3.05) is 5.73 Å². The van der Waals surface area contributed by atoms with Crippen molar-refractivity contribution >= 4 is 11.8 Å². The smallest absolute Gasteiger partial charge is 0.308 e. The van der Waals surface area contributed by atoms with Crippen molar-refractivity contribution in [3.8, 4) is 0 Å². The zero-order chi connectivity index (χ0) is 14.0. The first-order chi connectivity index (χ1) is 9.01. The molecule has 0 radical (unpaired) electrons. The fourth-order valence-electron chi connectivity index (χ4n) is 2.74. The Bertz CT molecular complexity index is 538. The van der Waals surface area contributed by atoms with Gasteiger partial charge in [-0.2, -0.15) is 0 Å². The molecular formula is C13H19N3O3. The second-order valence-electron chi connectivity index (χ2n) is 5.17. The number of anilines is 1. The van der Waals surface area contributed by atoms with E-state index in [1.165, 1.54) is 0 Å². The standard InChI is InChI=1S/C13H19N3O3/c1-2-7-3-4-8(5-7)12-15-11(14)9(6-10(17)18)13(19)16-12/h7-8H,2-6H2,1H3,(H,17,18)(H3,14,15,16,19). The van der Waals surface area contributed by atoms with Crippen LogP contribution >= 0.6 is 0 Å². The molecule has 2 rings (SSSR count). The molecule has 6 nitrogen and oxygen atoms in total.